The van der Waals surface area contributed by atoms with Crippen LogP contribution in [0.25, 0.3) is 0 Å². The molecule has 0 aromatic heterocycles. The first kappa shape index (κ1) is 15.1. The fourth-order valence-electron chi connectivity index (χ4n) is 4.72. The number of carbonyl (C=O) groups is 1. The quantitative estimate of drug-likeness (QED) is 0.900. The van der Waals surface area contributed by atoms with Gasteiger partial charge in [0.25, 0.3) is 0 Å². The summed E-state index contributed by atoms with van der Waals surface area (Å²) < 4.78 is 13.1. The number of hydrogen-bond acceptors (Lipinski definition) is 2. The summed E-state index contributed by atoms with van der Waals surface area (Å²) in [7, 11) is 0. The lowest BCUT2D eigenvalue weighted by atomic mass is 9.65. The average Bonchev–Trinajstić information content (AvgIpc) is 3.28. The second-order valence-electron chi connectivity index (χ2n) is 7.77. The molecule has 3 aliphatic rings. The van der Waals surface area contributed by atoms with Gasteiger partial charge in [0.05, 0.1) is 5.54 Å². The summed E-state index contributed by atoms with van der Waals surface area (Å²) in [5.74, 6) is 1.07. The van der Waals surface area contributed by atoms with E-state index in [-0.39, 0.29) is 23.2 Å². The molecule has 3 fully saturated rings. The van der Waals surface area contributed by atoms with Crippen molar-refractivity contribution in [2.75, 3.05) is 0 Å². The number of carbonyl (C=O) groups excluding carboxylic acids is 1. The van der Waals surface area contributed by atoms with Gasteiger partial charge >= 0.3 is 0 Å². The van der Waals surface area contributed by atoms with Gasteiger partial charge < -0.3 is 11.1 Å². The predicted octanol–water partition coefficient (Wildman–Crippen LogP) is 3.08. The molecule has 4 rings (SSSR count). The Bertz CT molecular complexity index is 582. The zero-order valence-electron chi connectivity index (χ0n) is 13.4. The van der Waals surface area contributed by atoms with Crippen LogP contribution in [0.3, 0.4) is 0 Å². The molecule has 0 saturated heterocycles. The number of nitrogens with one attached hydrogen (secondary N) is 1. The Balaban J connectivity index is 1.45. The number of rotatable bonds is 3. The lowest BCUT2D eigenvalue weighted by Crippen LogP contribution is -2.50. The van der Waals surface area contributed by atoms with Crippen LogP contribution in [-0.2, 0) is 10.3 Å². The molecule has 2 bridgehead atoms. The van der Waals surface area contributed by atoms with Crippen molar-refractivity contribution < 1.29 is 9.18 Å². The first-order chi connectivity index (χ1) is 11.1. The average molecular weight is 316 g/mol. The smallest absolute Gasteiger partial charge is 0.223 e. The standard InChI is InChI=1S/C19H25FN2O/c20-16-6-4-15(5-7-16)19(8-9-19)22-18(23)14-10-12-2-1-3-13(11-14)17(12)21/h4-7,12-14,17H,1-3,8-11,21H2,(H,22,23). The van der Waals surface area contributed by atoms with E-state index in [1.54, 1.807) is 12.1 Å². The van der Waals surface area contributed by atoms with Crippen LogP contribution in [-0.4, -0.2) is 11.9 Å². The molecular formula is C19H25FN2O. The van der Waals surface area contributed by atoms with Crippen LogP contribution in [0, 0.1) is 23.6 Å². The molecule has 2 atom stereocenters. The highest BCUT2D eigenvalue weighted by Gasteiger charge is 2.48. The molecule has 0 heterocycles. The van der Waals surface area contributed by atoms with Gasteiger partial charge in [0.15, 0.2) is 0 Å². The van der Waals surface area contributed by atoms with E-state index in [2.05, 4.69) is 5.32 Å². The van der Waals surface area contributed by atoms with Crippen molar-refractivity contribution in [2.24, 2.45) is 23.5 Å². The van der Waals surface area contributed by atoms with Crippen LogP contribution in [0.4, 0.5) is 4.39 Å². The van der Waals surface area contributed by atoms with E-state index in [1.165, 1.54) is 31.4 Å². The summed E-state index contributed by atoms with van der Waals surface area (Å²) >= 11 is 0. The minimum Gasteiger partial charge on any atom is -0.346 e. The minimum atomic E-state index is -0.251. The first-order valence-corrected chi connectivity index (χ1v) is 8.91. The fraction of sp³-hybridized carbons (Fsp3) is 0.632. The Labute approximate surface area is 136 Å². The third kappa shape index (κ3) is 2.78. The molecule has 3 aliphatic carbocycles. The number of halogens is 1. The summed E-state index contributed by atoms with van der Waals surface area (Å²) in [6.07, 6.45) is 7.37. The van der Waals surface area contributed by atoms with Crippen molar-refractivity contribution in [2.45, 2.75) is 56.5 Å². The topological polar surface area (TPSA) is 55.1 Å². The van der Waals surface area contributed by atoms with Crippen LogP contribution < -0.4 is 11.1 Å². The highest BCUT2D eigenvalue weighted by molar-refractivity contribution is 5.80. The molecule has 0 spiro atoms. The van der Waals surface area contributed by atoms with Crippen molar-refractivity contribution in [3.8, 4) is 0 Å². The van der Waals surface area contributed by atoms with Crippen LogP contribution in [0.2, 0.25) is 0 Å². The van der Waals surface area contributed by atoms with E-state index >= 15 is 0 Å². The molecule has 0 aliphatic heterocycles. The Morgan fingerprint density at radius 1 is 1.13 bits per heavy atom. The summed E-state index contributed by atoms with van der Waals surface area (Å²) in [6, 6.07) is 6.85. The third-order valence-corrected chi connectivity index (χ3v) is 6.29. The molecule has 4 heteroatoms. The molecule has 1 amide bonds. The van der Waals surface area contributed by atoms with Crippen LogP contribution in [0.15, 0.2) is 24.3 Å². The summed E-state index contributed by atoms with van der Waals surface area (Å²) in [5.41, 5.74) is 7.10. The van der Waals surface area contributed by atoms with Gasteiger partial charge in [-0.05, 0) is 68.1 Å². The fourth-order valence-corrected chi connectivity index (χ4v) is 4.72. The van der Waals surface area contributed by atoms with Gasteiger partial charge in [0.1, 0.15) is 5.82 Å². The van der Waals surface area contributed by atoms with Gasteiger partial charge in [0, 0.05) is 12.0 Å². The van der Waals surface area contributed by atoms with Crippen molar-refractivity contribution in [3.63, 3.8) is 0 Å². The normalized spacial score (nSPS) is 34.7. The molecule has 0 radical (unpaired) electrons. The van der Waals surface area contributed by atoms with E-state index < -0.39 is 0 Å². The van der Waals surface area contributed by atoms with Gasteiger partial charge in [-0.15, -0.1) is 0 Å². The third-order valence-electron chi connectivity index (χ3n) is 6.29. The zero-order chi connectivity index (χ0) is 16.0. The van der Waals surface area contributed by atoms with Crippen molar-refractivity contribution in [3.05, 3.63) is 35.6 Å². The highest BCUT2D eigenvalue weighted by Crippen LogP contribution is 2.47. The molecule has 1 aromatic carbocycles. The minimum absolute atomic E-state index is 0.100. The van der Waals surface area contributed by atoms with E-state index in [0.717, 1.165) is 31.2 Å². The Kier molecular flexibility index (Phi) is 3.67. The molecule has 3 N–H and O–H groups in total. The molecule has 3 nitrogen and oxygen atoms in total. The Morgan fingerprint density at radius 2 is 1.74 bits per heavy atom. The van der Waals surface area contributed by atoms with Gasteiger partial charge in [-0.3, -0.25) is 4.79 Å². The van der Waals surface area contributed by atoms with E-state index in [4.69, 9.17) is 5.73 Å². The maximum absolute atomic E-state index is 13.1. The molecular weight excluding hydrogens is 291 g/mol. The first-order valence-electron chi connectivity index (χ1n) is 8.91. The molecule has 124 valence electrons. The maximum atomic E-state index is 13.1. The van der Waals surface area contributed by atoms with Crippen molar-refractivity contribution in [1.82, 2.24) is 5.32 Å². The van der Waals surface area contributed by atoms with Crippen molar-refractivity contribution in [1.29, 1.82) is 0 Å². The number of fused-ring (bicyclic) bond motifs is 2. The number of benzene rings is 1. The SMILES string of the molecule is NC1C2CCCC1CC(C(=O)NC1(c3ccc(F)cc3)CC1)C2. The predicted molar refractivity (Wildman–Crippen MR) is 87.0 cm³/mol. The lowest BCUT2D eigenvalue weighted by molar-refractivity contribution is -0.129. The second kappa shape index (κ2) is 5.59. The molecule has 2 unspecified atom stereocenters. The van der Waals surface area contributed by atoms with E-state index in [1.807, 2.05) is 0 Å². The van der Waals surface area contributed by atoms with Crippen molar-refractivity contribution >= 4 is 5.91 Å². The van der Waals surface area contributed by atoms with Crippen LogP contribution >= 0.6 is 0 Å². The second-order valence-corrected chi connectivity index (χ2v) is 7.77. The summed E-state index contributed by atoms with van der Waals surface area (Å²) in [6.45, 7) is 0. The van der Waals surface area contributed by atoms with Gasteiger partial charge in [0.2, 0.25) is 5.91 Å². The maximum Gasteiger partial charge on any atom is 0.223 e. The highest BCUT2D eigenvalue weighted by atomic mass is 19.1. The summed E-state index contributed by atoms with van der Waals surface area (Å²) in [4.78, 5) is 12.8. The molecule has 1 aromatic rings. The zero-order valence-corrected chi connectivity index (χ0v) is 13.4. The van der Waals surface area contributed by atoms with Gasteiger partial charge in [-0.2, -0.15) is 0 Å². The van der Waals surface area contributed by atoms with Gasteiger partial charge in [-0.1, -0.05) is 18.6 Å². The monoisotopic (exact) mass is 316 g/mol. The van der Waals surface area contributed by atoms with Crippen LogP contribution in [0.5, 0.6) is 0 Å². The molecule has 23 heavy (non-hydrogen) atoms. The number of nitrogens with two attached hydrogens (primary N) is 1. The summed E-state index contributed by atoms with van der Waals surface area (Å²) in [5, 5.41) is 3.27. The Hall–Kier alpha value is -1.42. The lowest BCUT2D eigenvalue weighted by Gasteiger charge is -2.43. The van der Waals surface area contributed by atoms with E-state index in [0.29, 0.717) is 17.9 Å². The van der Waals surface area contributed by atoms with Crippen LogP contribution in [0.1, 0.15) is 50.5 Å². The van der Waals surface area contributed by atoms with Gasteiger partial charge in [-0.25, -0.2) is 4.39 Å². The number of amides is 1. The largest absolute Gasteiger partial charge is 0.346 e. The molecule has 3 saturated carbocycles. The Morgan fingerprint density at radius 3 is 2.30 bits per heavy atom. The number of hydrogen-bond donors (Lipinski definition) is 2. The van der Waals surface area contributed by atoms with E-state index in [9.17, 15) is 9.18 Å².